The van der Waals surface area contributed by atoms with E-state index in [1.807, 2.05) is 11.3 Å². The Kier molecular flexibility index (Phi) is 5.27. The van der Waals surface area contributed by atoms with E-state index in [4.69, 9.17) is 4.98 Å². The van der Waals surface area contributed by atoms with Gasteiger partial charge in [0, 0.05) is 40.4 Å². The molecule has 1 aliphatic rings. The second-order valence-electron chi connectivity index (χ2n) is 7.33. The highest BCUT2D eigenvalue weighted by Gasteiger charge is 2.30. The lowest BCUT2D eigenvalue weighted by Crippen LogP contribution is -2.43. The highest BCUT2D eigenvalue weighted by atomic mass is 32.2. The molecule has 120 valence electrons. The van der Waals surface area contributed by atoms with Crippen LogP contribution in [-0.4, -0.2) is 35.1 Å². The zero-order valence-corrected chi connectivity index (χ0v) is 15.9. The average molecular weight is 328 g/mol. The molecule has 0 saturated carbocycles. The highest BCUT2D eigenvalue weighted by Crippen LogP contribution is 2.37. The number of rotatable bonds is 4. The van der Waals surface area contributed by atoms with E-state index in [1.54, 1.807) is 0 Å². The third-order valence-electron chi connectivity index (χ3n) is 3.63. The molecule has 1 aromatic rings. The van der Waals surface area contributed by atoms with Crippen LogP contribution in [0, 0.1) is 0 Å². The van der Waals surface area contributed by atoms with E-state index in [2.05, 4.69) is 63.5 Å². The van der Waals surface area contributed by atoms with E-state index in [0.29, 0.717) is 4.75 Å². The Balaban J connectivity index is 2.26. The van der Waals surface area contributed by atoms with Crippen molar-refractivity contribution < 1.29 is 0 Å². The molecular weight excluding hydrogens is 298 g/mol. The quantitative estimate of drug-likeness (QED) is 0.908. The molecule has 0 unspecified atom stereocenters. The number of nitrogens with one attached hydrogen (secondary N) is 1. The van der Waals surface area contributed by atoms with Crippen LogP contribution in [0.1, 0.15) is 52.1 Å². The van der Waals surface area contributed by atoms with E-state index in [9.17, 15) is 0 Å². The van der Waals surface area contributed by atoms with Gasteiger partial charge in [0.05, 0.1) is 5.69 Å². The van der Waals surface area contributed by atoms with Crippen LogP contribution in [0.15, 0.2) is 0 Å². The molecule has 0 amide bonds. The number of aromatic nitrogens is 1. The van der Waals surface area contributed by atoms with Crippen LogP contribution in [0.3, 0.4) is 0 Å². The number of nitrogens with zero attached hydrogens (tertiary/aromatic N) is 2. The minimum absolute atomic E-state index is 0.111. The third kappa shape index (κ3) is 4.36. The van der Waals surface area contributed by atoms with E-state index in [-0.39, 0.29) is 5.41 Å². The number of thioether (sulfide) groups is 1. The molecule has 1 saturated heterocycles. The molecule has 0 atom stereocenters. The van der Waals surface area contributed by atoms with Crippen molar-refractivity contribution >= 4 is 28.2 Å². The summed E-state index contributed by atoms with van der Waals surface area (Å²) in [6.45, 7) is 17.8. The standard InChI is InChI=1S/C16H29N3S2/c1-7-17-10-12-13(15(2,3)4)18-14(21-12)19-8-9-20-16(5,6)11-19/h17H,7-11H2,1-6H3. The predicted molar refractivity (Wildman–Crippen MR) is 96.9 cm³/mol. The van der Waals surface area contributed by atoms with Crippen molar-refractivity contribution in [3.8, 4) is 0 Å². The normalized spacial score (nSPS) is 19.0. The van der Waals surface area contributed by atoms with E-state index < -0.39 is 0 Å². The molecule has 0 bridgehead atoms. The third-order valence-corrected chi connectivity index (χ3v) is 6.04. The van der Waals surface area contributed by atoms with Crippen molar-refractivity contribution in [2.75, 3.05) is 30.3 Å². The molecule has 2 heterocycles. The van der Waals surface area contributed by atoms with Gasteiger partial charge in [-0.1, -0.05) is 27.7 Å². The molecule has 2 rings (SSSR count). The molecule has 0 aliphatic carbocycles. The molecule has 1 N–H and O–H groups in total. The fraction of sp³-hybridized carbons (Fsp3) is 0.812. The first-order valence-electron chi connectivity index (χ1n) is 7.83. The maximum atomic E-state index is 5.02. The summed E-state index contributed by atoms with van der Waals surface area (Å²) in [7, 11) is 0. The summed E-state index contributed by atoms with van der Waals surface area (Å²) in [6, 6.07) is 0. The predicted octanol–water partition coefficient (Wildman–Crippen LogP) is 3.88. The molecule has 3 nitrogen and oxygen atoms in total. The summed E-state index contributed by atoms with van der Waals surface area (Å²) in [4.78, 5) is 8.90. The summed E-state index contributed by atoms with van der Waals surface area (Å²) < 4.78 is 0.327. The Hall–Kier alpha value is -0.260. The summed E-state index contributed by atoms with van der Waals surface area (Å²) in [5.74, 6) is 1.19. The lowest BCUT2D eigenvalue weighted by molar-refractivity contribution is 0.559. The van der Waals surface area contributed by atoms with Crippen molar-refractivity contribution in [1.29, 1.82) is 0 Å². The molecule has 0 aromatic carbocycles. The second kappa shape index (κ2) is 6.47. The van der Waals surface area contributed by atoms with Gasteiger partial charge in [0.1, 0.15) is 0 Å². The van der Waals surface area contributed by atoms with Gasteiger partial charge in [-0.05, 0) is 20.4 Å². The van der Waals surface area contributed by atoms with Crippen molar-refractivity contribution in [2.24, 2.45) is 0 Å². The molecule has 21 heavy (non-hydrogen) atoms. The van der Waals surface area contributed by atoms with Crippen LogP contribution >= 0.6 is 23.1 Å². The summed E-state index contributed by atoms with van der Waals surface area (Å²) >= 11 is 3.95. The molecule has 0 radical (unpaired) electrons. The topological polar surface area (TPSA) is 28.2 Å². The molecule has 1 fully saturated rings. The highest BCUT2D eigenvalue weighted by molar-refractivity contribution is 8.00. The van der Waals surface area contributed by atoms with Gasteiger partial charge in [-0.15, -0.1) is 11.3 Å². The van der Waals surface area contributed by atoms with Gasteiger partial charge in [0.25, 0.3) is 0 Å². The number of hydrogen-bond donors (Lipinski definition) is 1. The lowest BCUT2D eigenvalue weighted by atomic mass is 9.91. The summed E-state index contributed by atoms with van der Waals surface area (Å²) in [5.41, 5.74) is 1.37. The Morgan fingerprint density at radius 1 is 1.33 bits per heavy atom. The van der Waals surface area contributed by atoms with Gasteiger partial charge >= 0.3 is 0 Å². The van der Waals surface area contributed by atoms with Gasteiger partial charge in [-0.2, -0.15) is 11.8 Å². The van der Waals surface area contributed by atoms with Crippen molar-refractivity contribution in [3.63, 3.8) is 0 Å². The van der Waals surface area contributed by atoms with Gasteiger partial charge < -0.3 is 10.2 Å². The first kappa shape index (κ1) is 17.1. The van der Waals surface area contributed by atoms with Crippen LogP contribution in [0.4, 0.5) is 5.13 Å². The zero-order chi connectivity index (χ0) is 15.7. The van der Waals surface area contributed by atoms with Crippen molar-refractivity contribution in [3.05, 3.63) is 10.6 Å². The Labute approximate surface area is 137 Å². The van der Waals surface area contributed by atoms with E-state index in [1.165, 1.54) is 21.5 Å². The molecule has 5 heteroatoms. The van der Waals surface area contributed by atoms with Gasteiger partial charge in [0.2, 0.25) is 0 Å². The molecule has 0 spiro atoms. The lowest BCUT2D eigenvalue weighted by Gasteiger charge is -2.37. The largest absolute Gasteiger partial charge is 0.346 e. The van der Waals surface area contributed by atoms with Gasteiger partial charge in [-0.25, -0.2) is 4.98 Å². The van der Waals surface area contributed by atoms with Gasteiger partial charge in [-0.3, -0.25) is 0 Å². The zero-order valence-electron chi connectivity index (χ0n) is 14.2. The Morgan fingerprint density at radius 3 is 2.62 bits per heavy atom. The van der Waals surface area contributed by atoms with Crippen LogP contribution in [-0.2, 0) is 12.0 Å². The van der Waals surface area contributed by atoms with Crippen LogP contribution in [0.2, 0.25) is 0 Å². The molecule has 1 aliphatic heterocycles. The fourth-order valence-corrected chi connectivity index (χ4v) is 4.98. The summed E-state index contributed by atoms with van der Waals surface area (Å²) in [5, 5.41) is 4.67. The maximum Gasteiger partial charge on any atom is 0.185 e. The van der Waals surface area contributed by atoms with Gasteiger partial charge in [0.15, 0.2) is 5.13 Å². The Bertz CT molecular complexity index is 474. The Morgan fingerprint density at radius 2 is 2.05 bits per heavy atom. The minimum Gasteiger partial charge on any atom is -0.346 e. The van der Waals surface area contributed by atoms with E-state index >= 15 is 0 Å². The summed E-state index contributed by atoms with van der Waals surface area (Å²) in [6.07, 6.45) is 0. The maximum absolute atomic E-state index is 5.02. The van der Waals surface area contributed by atoms with E-state index in [0.717, 1.165) is 26.2 Å². The fourth-order valence-electron chi connectivity index (χ4n) is 2.60. The first-order valence-corrected chi connectivity index (χ1v) is 9.63. The second-order valence-corrected chi connectivity index (χ2v) is 10.2. The number of thiazole rings is 1. The number of hydrogen-bond acceptors (Lipinski definition) is 5. The first-order chi connectivity index (χ1) is 9.73. The van der Waals surface area contributed by atoms with Crippen LogP contribution < -0.4 is 10.2 Å². The van der Waals surface area contributed by atoms with Crippen molar-refractivity contribution in [2.45, 2.75) is 58.2 Å². The van der Waals surface area contributed by atoms with Crippen LogP contribution in [0.25, 0.3) is 0 Å². The average Bonchev–Trinajstić information content (AvgIpc) is 2.79. The van der Waals surface area contributed by atoms with Crippen LogP contribution in [0.5, 0.6) is 0 Å². The van der Waals surface area contributed by atoms with Crippen molar-refractivity contribution in [1.82, 2.24) is 10.3 Å². The number of anilines is 1. The SMILES string of the molecule is CCNCc1sc(N2CCSC(C)(C)C2)nc1C(C)(C)C. The minimum atomic E-state index is 0.111. The molecule has 1 aromatic heterocycles. The monoisotopic (exact) mass is 327 g/mol. The smallest absolute Gasteiger partial charge is 0.185 e. The molecular formula is C16H29N3S2.